The third kappa shape index (κ3) is 3.16. The first-order chi connectivity index (χ1) is 11.4. The van der Waals surface area contributed by atoms with E-state index in [1.165, 1.54) is 22.5 Å². The van der Waals surface area contributed by atoms with Crippen LogP contribution in [0.15, 0.2) is 35.5 Å². The predicted octanol–water partition coefficient (Wildman–Crippen LogP) is 1.71. The van der Waals surface area contributed by atoms with Crippen molar-refractivity contribution in [1.29, 1.82) is 5.26 Å². The van der Waals surface area contributed by atoms with Crippen LogP contribution in [0.3, 0.4) is 0 Å². The lowest BCUT2D eigenvalue weighted by molar-refractivity contribution is -0.00259. The summed E-state index contributed by atoms with van der Waals surface area (Å²) in [5.74, 6) is 0. The van der Waals surface area contributed by atoms with E-state index in [2.05, 4.69) is 5.10 Å². The second-order valence-electron chi connectivity index (χ2n) is 5.42. The normalized spacial score (nSPS) is 19.1. The van der Waals surface area contributed by atoms with Gasteiger partial charge in [-0.1, -0.05) is 11.6 Å². The van der Waals surface area contributed by atoms with E-state index in [0.29, 0.717) is 0 Å². The Labute approximate surface area is 145 Å². The van der Waals surface area contributed by atoms with Gasteiger partial charge in [0.2, 0.25) is 10.0 Å². The molecule has 0 aliphatic carbocycles. The Morgan fingerprint density at radius 2 is 2.25 bits per heavy atom. The molecular weight excluding hydrogens is 352 g/mol. The van der Waals surface area contributed by atoms with E-state index < -0.39 is 16.1 Å². The Morgan fingerprint density at radius 3 is 2.92 bits per heavy atom. The Morgan fingerprint density at radius 1 is 1.46 bits per heavy atom. The van der Waals surface area contributed by atoms with Gasteiger partial charge in [-0.15, -0.1) is 0 Å². The summed E-state index contributed by atoms with van der Waals surface area (Å²) in [6.45, 7) is 0.642. The number of rotatable bonds is 3. The maximum absolute atomic E-state index is 12.9. The number of benzene rings is 1. The van der Waals surface area contributed by atoms with Crippen molar-refractivity contribution in [3.8, 4) is 6.07 Å². The molecule has 0 radical (unpaired) electrons. The van der Waals surface area contributed by atoms with E-state index in [1.807, 2.05) is 6.07 Å². The molecule has 0 saturated carbocycles. The summed E-state index contributed by atoms with van der Waals surface area (Å²) >= 11 is 5.92. The third-order valence-corrected chi connectivity index (χ3v) is 5.95. The van der Waals surface area contributed by atoms with Crippen molar-refractivity contribution < 1.29 is 13.2 Å². The smallest absolute Gasteiger partial charge is 0.244 e. The molecule has 0 amide bonds. The maximum Gasteiger partial charge on any atom is 0.244 e. The summed E-state index contributed by atoms with van der Waals surface area (Å²) in [6.07, 6.45) is 3.05. The van der Waals surface area contributed by atoms with Crippen molar-refractivity contribution in [2.24, 2.45) is 7.05 Å². The van der Waals surface area contributed by atoms with Crippen LogP contribution in [0.25, 0.3) is 0 Å². The summed E-state index contributed by atoms with van der Waals surface area (Å²) in [4.78, 5) is -0.0793. The number of hydrogen-bond donors (Lipinski definition) is 0. The molecule has 0 bridgehead atoms. The Hall–Kier alpha value is -1.92. The number of sulfonamides is 1. The van der Waals surface area contributed by atoms with Crippen molar-refractivity contribution in [3.05, 3.63) is 46.7 Å². The molecule has 2 heterocycles. The molecule has 0 N–H and O–H groups in total. The highest BCUT2D eigenvalue weighted by atomic mass is 35.5. The van der Waals surface area contributed by atoms with Crippen LogP contribution >= 0.6 is 11.6 Å². The van der Waals surface area contributed by atoms with Crippen molar-refractivity contribution in [1.82, 2.24) is 14.1 Å². The molecule has 9 heteroatoms. The first-order valence-electron chi connectivity index (χ1n) is 7.22. The lowest BCUT2D eigenvalue weighted by atomic mass is 10.2. The number of morpholine rings is 1. The molecule has 2 aromatic rings. The lowest BCUT2D eigenvalue weighted by Gasteiger charge is -2.31. The van der Waals surface area contributed by atoms with Crippen LogP contribution in [0.5, 0.6) is 0 Å². The minimum Gasteiger partial charge on any atom is -0.371 e. The van der Waals surface area contributed by atoms with Gasteiger partial charge in [0.1, 0.15) is 11.0 Å². The lowest BCUT2D eigenvalue weighted by Crippen LogP contribution is -2.42. The largest absolute Gasteiger partial charge is 0.371 e. The van der Waals surface area contributed by atoms with Crippen LogP contribution in [0, 0.1) is 11.3 Å². The standard InChI is InChI=1S/C15H15ClN4O3S/c1-19-9-12(8-18-19)14-10-20(4-5-23-14)24(21,22)15-6-13(16)3-2-11(15)7-17/h2-3,6,8-9,14H,4-5,10H2,1H3/t14-/m0/s1. The second kappa shape index (κ2) is 6.53. The number of aromatic nitrogens is 2. The number of hydrogen-bond acceptors (Lipinski definition) is 5. The summed E-state index contributed by atoms with van der Waals surface area (Å²) < 4.78 is 34.5. The molecule has 3 rings (SSSR count). The Balaban J connectivity index is 1.93. The van der Waals surface area contributed by atoms with Gasteiger partial charge in [-0.05, 0) is 18.2 Å². The van der Waals surface area contributed by atoms with E-state index in [0.717, 1.165) is 5.56 Å². The molecule has 1 aromatic heterocycles. The first-order valence-corrected chi connectivity index (χ1v) is 9.03. The zero-order valence-corrected chi connectivity index (χ0v) is 14.5. The monoisotopic (exact) mass is 366 g/mol. The van der Waals surface area contributed by atoms with Gasteiger partial charge in [0, 0.05) is 36.9 Å². The molecule has 0 unspecified atom stereocenters. The van der Waals surface area contributed by atoms with Crippen LogP contribution in [0.4, 0.5) is 0 Å². The minimum absolute atomic E-state index is 0.0730. The van der Waals surface area contributed by atoms with Gasteiger partial charge in [-0.2, -0.15) is 14.7 Å². The molecule has 126 valence electrons. The molecule has 24 heavy (non-hydrogen) atoms. The Bertz CT molecular complexity index is 904. The zero-order chi connectivity index (χ0) is 17.3. The molecule has 1 saturated heterocycles. The molecule has 1 fully saturated rings. The summed E-state index contributed by atoms with van der Waals surface area (Å²) in [5, 5.41) is 13.5. The maximum atomic E-state index is 12.9. The molecule has 1 atom stereocenters. The van der Waals surface area contributed by atoms with Crippen LogP contribution in [0.1, 0.15) is 17.2 Å². The molecule has 1 aliphatic heterocycles. The fourth-order valence-electron chi connectivity index (χ4n) is 2.59. The van der Waals surface area contributed by atoms with Gasteiger partial charge in [-0.3, -0.25) is 4.68 Å². The predicted molar refractivity (Wildman–Crippen MR) is 86.8 cm³/mol. The van der Waals surface area contributed by atoms with Crippen molar-refractivity contribution in [3.63, 3.8) is 0 Å². The van der Waals surface area contributed by atoms with Gasteiger partial charge in [-0.25, -0.2) is 8.42 Å². The Kier molecular flexibility index (Phi) is 4.60. The molecule has 1 aromatic carbocycles. The summed E-state index contributed by atoms with van der Waals surface area (Å²) in [6, 6.07) is 6.12. The highest BCUT2D eigenvalue weighted by molar-refractivity contribution is 7.89. The fourth-order valence-corrected chi connectivity index (χ4v) is 4.42. The number of aryl methyl sites for hydroxylation is 1. The van der Waals surface area contributed by atoms with Crippen LogP contribution in [0.2, 0.25) is 5.02 Å². The quantitative estimate of drug-likeness (QED) is 0.825. The molecule has 1 aliphatic rings. The van der Waals surface area contributed by atoms with Gasteiger partial charge < -0.3 is 4.74 Å². The molecule has 0 spiro atoms. The zero-order valence-electron chi connectivity index (χ0n) is 12.9. The first kappa shape index (κ1) is 16.9. The van der Waals surface area contributed by atoms with E-state index in [9.17, 15) is 13.7 Å². The number of halogens is 1. The topological polar surface area (TPSA) is 88.2 Å². The van der Waals surface area contributed by atoms with E-state index in [1.54, 1.807) is 24.1 Å². The van der Waals surface area contributed by atoms with E-state index in [4.69, 9.17) is 16.3 Å². The van der Waals surface area contributed by atoms with Gasteiger partial charge in [0.15, 0.2) is 0 Å². The second-order valence-corrected chi connectivity index (χ2v) is 7.76. The van der Waals surface area contributed by atoms with Crippen LogP contribution in [-0.2, 0) is 21.8 Å². The van der Waals surface area contributed by atoms with E-state index in [-0.39, 0.29) is 35.2 Å². The average molecular weight is 367 g/mol. The van der Waals surface area contributed by atoms with Crippen LogP contribution in [-0.4, -0.2) is 42.2 Å². The summed E-state index contributed by atoms with van der Waals surface area (Å²) in [5.41, 5.74) is 0.882. The average Bonchev–Trinajstić information content (AvgIpc) is 3.01. The van der Waals surface area contributed by atoms with Crippen LogP contribution < -0.4 is 0 Å². The molecular formula is C15H15ClN4O3S. The van der Waals surface area contributed by atoms with Crippen molar-refractivity contribution in [2.75, 3.05) is 19.7 Å². The third-order valence-electron chi connectivity index (χ3n) is 3.81. The fraction of sp³-hybridized carbons (Fsp3) is 0.333. The van der Waals surface area contributed by atoms with Gasteiger partial charge in [0.25, 0.3) is 0 Å². The number of nitriles is 1. The highest BCUT2D eigenvalue weighted by Crippen LogP contribution is 2.28. The van der Waals surface area contributed by atoms with Gasteiger partial charge >= 0.3 is 0 Å². The SMILES string of the molecule is Cn1cc([C@@H]2CN(S(=O)(=O)c3cc(Cl)ccc3C#N)CCO2)cn1. The van der Waals surface area contributed by atoms with Crippen molar-refractivity contribution in [2.45, 2.75) is 11.0 Å². The minimum atomic E-state index is -3.84. The van der Waals surface area contributed by atoms with Crippen molar-refractivity contribution >= 4 is 21.6 Å². The highest BCUT2D eigenvalue weighted by Gasteiger charge is 2.33. The number of nitrogens with zero attached hydrogens (tertiary/aromatic N) is 4. The van der Waals surface area contributed by atoms with E-state index >= 15 is 0 Å². The number of ether oxygens (including phenoxy) is 1. The van der Waals surface area contributed by atoms with Gasteiger partial charge in [0.05, 0.1) is 24.5 Å². The molecule has 7 nitrogen and oxygen atoms in total. The summed E-state index contributed by atoms with van der Waals surface area (Å²) in [7, 11) is -2.06.